The summed E-state index contributed by atoms with van der Waals surface area (Å²) in [4.78, 5) is 0. The van der Waals surface area contributed by atoms with E-state index in [1.54, 1.807) is 0 Å². The Kier molecular flexibility index (Phi) is 4.14. The molecule has 0 radical (unpaired) electrons. The van der Waals surface area contributed by atoms with Gasteiger partial charge in [0.15, 0.2) is 0 Å². The minimum Gasteiger partial charge on any atom is -0.126 e. The molecule has 0 aliphatic heterocycles. The quantitative estimate of drug-likeness (QED) is 0.660. The van der Waals surface area contributed by atoms with Crippen LogP contribution >= 0.6 is 11.6 Å². The number of hydrogen-bond acceptors (Lipinski definition) is 0. The molecule has 1 fully saturated rings. The summed E-state index contributed by atoms with van der Waals surface area (Å²) in [5.74, 6) is 0.820. The second-order valence-corrected chi connectivity index (χ2v) is 6.07. The fourth-order valence-corrected chi connectivity index (χ4v) is 3.42. The van der Waals surface area contributed by atoms with Crippen molar-refractivity contribution in [3.8, 4) is 0 Å². The largest absolute Gasteiger partial charge is 0.126 e. The SMILES string of the molecule is Cc1ccc(C)c(CC2(CCl)CCCCC2)c1. The summed E-state index contributed by atoms with van der Waals surface area (Å²) in [7, 11) is 0. The van der Waals surface area contributed by atoms with Crippen LogP contribution in [0.25, 0.3) is 0 Å². The van der Waals surface area contributed by atoms with E-state index in [-0.39, 0.29) is 0 Å². The number of hydrogen-bond donors (Lipinski definition) is 0. The number of alkyl halides is 1. The first kappa shape index (κ1) is 13.0. The molecule has 1 aliphatic rings. The molecular formula is C16H23Cl. The van der Waals surface area contributed by atoms with Crippen molar-refractivity contribution in [2.45, 2.75) is 52.4 Å². The molecule has 0 saturated heterocycles. The zero-order valence-corrected chi connectivity index (χ0v) is 11.8. The van der Waals surface area contributed by atoms with Crippen LogP contribution in [0.2, 0.25) is 0 Å². The van der Waals surface area contributed by atoms with E-state index in [0.29, 0.717) is 5.41 Å². The first-order valence-corrected chi connectivity index (χ1v) is 7.31. The van der Waals surface area contributed by atoms with Gasteiger partial charge in [-0.15, -0.1) is 11.6 Å². The summed E-state index contributed by atoms with van der Waals surface area (Å²) in [6.07, 6.45) is 7.90. The van der Waals surface area contributed by atoms with Gasteiger partial charge in [0.25, 0.3) is 0 Å². The predicted octanol–water partition coefficient (Wildman–Crippen LogP) is 5.04. The summed E-state index contributed by atoms with van der Waals surface area (Å²) in [6.45, 7) is 4.40. The highest BCUT2D eigenvalue weighted by Gasteiger charge is 2.31. The van der Waals surface area contributed by atoms with E-state index >= 15 is 0 Å². The first-order valence-electron chi connectivity index (χ1n) is 6.77. The lowest BCUT2D eigenvalue weighted by molar-refractivity contribution is 0.219. The maximum absolute atomic E-state index is 6.28. The summed E-state index contributed by atoms with van der Waals surface area (Å²) < 4.78 is 0. The predicted molar refractivity (Wildman–Crippen MR) is 75.9 cm³/mol. The Bertz CT molecular complexity index is 375. The molecule has 0 N–H and O–H groups in total. The van der Waals surface area contributed by atoms with E-state index in [9.17, 15) is 0 Å². The van der Waals surface area contributed by atoms with Gasteiger partial charge in [-0.2, -0.15) is 0 Å². The van der Waals surface area contributed by atoms with E-state index in [2.05, 4.69) is 32.0 Å². The molecule has 17 heavy (non-hydrogen) atoms. The van der Waals surface area contributed by atoms with Crippen molar-refractivity contribution < 1.29 is 0 Å². The van der Waals surface area contributed by atoms with Gasteiger partial charge >= 0.3 is 0 Å². The van der Waals surface area contributed by atoms with Crippen molar-refractivity contribution >= 4 is 11.6 Å². The van der Waals surface area contributed by atoms with Crippen molar-refractivity contribution in [2.24, 2.45) is 5.41 Å². The molecule has 0 spiro atoms. The Morgan fingerprint density at radius 2 is 1.82 bits per heavy atom. The van der Waals surface area contributed by atoms with Gasteiger partial charge < -0.3 is 0 Å². The van der Waals surface area contributed by atoms with Crippen molar-refractivity contribution in [3.63, 3.8) is 0 Å². The first-order chi connectivity index (χ1) is 8.15. The topological polar surface area (TPSA) is 0 Å². The van der Waals surface area contributed by atoms with Gasteiger partial charge in [0.05, 0.1) is 0 Å². The van der Waals surface area contributed by atoms with Crippen LogP contribution in [0.3, 0.4) is 0 Å². The molecule has 0 amide bonds. The Balaban J connectivity index is 2.20. The molecule has 0 heterocycles. The van der Waals surface area contributed by atoms with E-state index in [4.69, 9.17) is 11.6 Å². The third-order valence-electron chi connectivity index (χ3n) is 4.27. The zero-order chi connectivity index (χ0) is 12.3. The molecule has 0 nitrogen and oxygen atoms in total. The summed E-state index contributed by atoms with van der Waals surface area (Å²) >= 11 is 6.28. The van der Waals surface area contributed by atoms with E-state index in [1.807, 2.05) is 0 Å². The molecule has 1 aliphatic carbocycles. The van der Waals surface area contributed by atoms with Crippen LogP contribution in [0.4, 0.5) is 0 Å². The second-order valence-electron chi connectivity index (χ2n) is 5.80. The molecule has 1 aromatic rings. The van der Waals surface area contributed by atoms with Gasteiger partial charge in [-0.1, -0.05) is 43.0 Å². The average Bonchev–Trinajstić information content (AvgIpc) is 2.35. The van der Waals surface area contributed by atoms with E-state index in [0.717, 1.165) is 5.88 Å². The number of aryl methyl sites for hydroxylation is 2. The van der Waals surface area contributed by atoms with Gasteiger partial charge in [0.1, 0.15) is 0 Å². The monoisotopic (exact) mass is 250 g/mol. The molecule has 0 aromatic heterocycles. The Morgan fingerprint density at radius 3 is 2.47 bits per heavy atom. The summed E-state index contributed by atoms with van der Waals surface area (Å²) in [5.41, 5.74) is 4.67. The number of rotatable bonds is 3. The van der Waals surface area contributed by atoms with Crippen molar-refractivity contribution in [1.82, 2.24) is 0 Å². The Labute approximate surface area is 110 Å². The molecule has 0 atom stereocenters. The fraction of sp³-hybridized carbons (Fsp3) is 0.625. The van der Waals surface area contributed by atoms with E-state index in [1.165, 1.54) is 55.2 Å². The highest BCUT2D eigenvalue weighted by atomic mass is 35.5. The van der Waals surface area contributed by atoms with Crippen molar-refractivity contribution in [1.29, 1.82) is 0 Å². The Morgan fingerprint density at radius 1 is 1.12 bits per heavy atom. The fourth-order valence-electron chi connectivity index (χ4n) is 3.05. The van der Waals surface area contributed by atoms with E-state index < -0.39 is 0 Å². The normalized spacial score (nSPS) is 19.2. The van der Waals surface area contributed by atoms with Crippen LogP contribution in [0.1, 0.15) is 48.8 Å². The summed E-state index contributed by atoms with van der Waals surface area (Å²) in [6, 6.07) is 6.79. The van der Waals surface area contributed by atoms with Crippen LogP contribution in [-0.2, 0) is 6.42 Å². The lowest BCUT2D eigenvalue weighted by Crippen LogP contribution is -2.29. The van der Waals surface area contributed by atoms with Crippen LogP contribution in [0, 0.1) is 19.3 Å². The highest BCUT2D eigenvalue weighted by Crippen LogP contribution is 2.40. The smallest absolute Gasteiger partial charge is 0.0283 e. The molecule has 2 rings (SSSR count). The lowest BCUT2D eigenvalue weighted by Gasteiger charge is -2.36. The highest BCUT2D eigenvalue weighted by molar-refractivity contribution is 6.18. The van der Waals surface area contributed by atoms with Crippen molar-refractivity contribution in [2.75, 3.05) is 5.88 Å². The number of benzene rings is 1. The summed E-state index contributed by atoms with van der Waals surface area (Å²) in [5, 5.41) is 0. The van der Waals surface area contributed by atoms with Gasteiger partial charge in [-0.25, -0.2) is 0 Å². The van der Waals surface area contributed by atoms with Gasteiger partial charge in [-0.3, -0.25) is 0 Å². The van der Waals surface area contributed by atoms with Gasteiger partial charge in [0, 0.05) is 5.88 Å². The molecule has 0 unspecified atom stereocenters. The van der Waals surface area contributed by atoms with Crippen LogP contribution < -0.4 is 0 Å². The van der Waals surface area contributed by atoms with Crippen molar-refractivity contribution in [3.05, 3.63) is 34.9 Å². The maximum Gasteiger partial charge on any atom is 0.0283 e. The number of halogens is 1. The standard InChI is InChI=1S/C16H23Cl/c1-13-6-7-14(2)15(10-13)11-16(12-17)8-4-3-5-9-16/h6-7,10H,3-5,8-9,11-12H2,1-2H3. The van der Waals surface area contributed by atoms with Crippen LogP contribution in [0.5, 0.6) is 0 Å². The molecule has 0 bridgehead atoms. The minimum atomic E-state index is 0.373. The third-order valence-corrected chi connectivity index (χ3v) is 4.83. The zero-order valence-electron chi connectivity index (χ0n) is 11.1. The minimum absolute atomic E-state index is 0.373. The Hall–Kier alpha value is -0.490. The van der Waals surface area contributed by atoms with Gasteiger partial charge in [-0.05, 0) is 49.7 Å². The lowest BCUT2D eigenvalue weighted by atomic mass is 9.71. The average molecular weight is 251 g/mol. The second kappa shape index (κ2) is 5.44. The third kappa shape index (κ3) is 3.04. The molecule has 94 valence electrons. The molecule has 1 saturated carbocycles. The molecular weight excluding hydrogens is 228 g/mol. The van der Waals surface area contributed by atoms with Crippen LogP contribution in [-0.4, -0.2) is 5.88 Å². The van der Waals surface area contributed by atoms with Crippen LogP contribution in [0.15, 0.2) is 18.2 Å². The maximum atomic E-state index is 6.28. The van der Waals surface area contributed by atoms with Gasteiger partial charge in [0.2, 0.25) is 0 Å². The molecule has 1 aromatic carbocycles. The molecule has 1 heteroatoms.